The maximum Gasteiger partial charge on any atom is 0.258 e. The third-order valence-corrected chi connectivity index (χ3v) is 7.21. The van der Waals surface area contributed by atoms with E-state index in [9.17, 15) is 4.79 Å². The van der Waals surface area contributed by atoms with Crippen LogP contribution in [-0.2, 0) is 10.5 Å². The molecule has 3 aromatic carbocycles. The van der Waals surface area contributed by atoms with Crippen LogP contribution in [0, 0.1) is 11.2 Å². The number of methoxy groups -OCH3 is 1. The first-order valence-corrected chi connectivity index (χ1v) is 13.1. The van der Waals surface area contributed by atoms with Gasteiger partial charge in [0.1, 0.15) is 24.0 Å². The third kappa shape index (κ3) is 5.43. The summed E-state index contributed by atoms with van der Waals surface area (Å²) in [5, 5.41) is 15.6. The van der Waals surface area contributed by atoms with Crippen LogP contribution >= 0.6 is 23.2 Å². The quantitative estimate of drug-likeness (QED) is 0.175. The third-order valence-electron chi connectivity index (χ3n) is 6.74. The number of epoxide rings is 1. The number of ether oxygens (including phenoxy) is 2. The molecular formula is C28H27Cl2FN4O3. The molecule has 7 nitrogen and oxygen atoms in total. The predicted molar refractivity (Wildman–Crippen MR) is 147 cm³/mol. The Morgan fingerprint density at radius 1 is 1.05 bits per heavy atom. The van der Waals surface area contributed by atoms with Crippen molar-refractivity contribution in [1.82, 2.24) is 4.90 Å². The van der Waals surface area contributed by atoms with E-state index in [-0.39, 0.29) is 11.4 Å². The van der Waals surface area contributed by atoms with Crippen molar-refractivity contribution < 1.29 is 18.7 Å². The molecular weight excluding hydrogens is 530 g/mol. The molecule has 3 aromatic rings. The van der Waals surface area contributed by atoms with Crippen molar-refractivity contribution >= 4 is 46.3 Å². The number of piperidine rings is 1. The molecule has 2 aliphatic rings. The molecule has 198 valence electrons. The molecule has 38 heavy (non-hydrogen) atoms. The second-order valence-corrected chi connectivity index (χ2v) is 10.2. The first-order valence-electron chi connectivity index (χ1n) is 12.3. The van der Waals surface area contributed by atoms with E-state index in [1.807, 2.05) is 17.0 Å². The highest BCUT2D eigenvalue weighted by atomic mass is 35.5. The van der Waals surface area contributed by atoms with Crippen LogP contribution in [0.15, 0.2) is 54.6 Å². The number of rotatable bonds is 7. The van der Waals surface area contributed by atoms with Crippen molar-refractivity contribution in [3.63, 3.8) is 0 Å². The molecule has 0 bridgehead atoms. The van der Waals surface area contributed by atoms with Gasteiger partial charge in [0, 0.05) is 46.0 Å². The molecule has 1 unspecified atom stereocenters. The summed E-state index contributed by atoms with van der Waals surface area (Å²) in [5.74, 6) is -0.813. The van der Waals surface area contributed by atoms with Crippen LogP contribution in [0.4, 0.5) is 15.8 Å². The van der Waals surface area contributed by atoms with E-state index >= 15 is 4.39 Å². The minimum Gasteiger partial charge on any atom is -0.495 e. The zero-order valence-corrected chi connectivity index (χ0v) is 22.3. The summed E-state index contributed by atoms with van der Waals surface area (Å²) in [4.78, 5) is 15.2. The van der Waals surface area contributed by atoms with E-state index in [0.717, 1.165) is 38.0 Å². The van der Waals surface area contributed by atoms with Gasteiger partial charge in [-0.05, 0) is 61.7 Å². The first kappa shape index (κ1) is 26.3. The fraction of sp³-hybridized carbons (Fsp3) is 0.286. The van der Waals surface area contributed by atoms with Gasteiger partial charge in [-0.25, -0.2) is 4.39 Å². The Balaban J connectivity index is 1.42. The number of nitrogens with one attached hydrogen (secondary N) is 3. The van der Waals surface area contributed by atoms with Gasteiger partial charge >= 0.3 is 0 Å². The number of benzene rings is 3. The molecule has 5 rings (SSSR count). The van der Waals surface area contributed by atoms with Gasteiger partial charge in [0.05, 0.1) is 18.4 Å². The summed E-state index contributed by atoms with van der Waals surface area (Å²) in [6.07, 6.45) is 3.15. The molecule has 3 N–H and O–H groups in total. The predicted octanol–water partition coefficient (Wildman–Crippen LogP) is 6.50. The summed E-state index contributed by atoms with van der Waals surface area (Å²) >= 11 is 12.4. The maximum atomic E-state index is 15.2. The van der Waals surface area contributed by atoms with Crippen molar-refractivity contribution in [2.24, 2.45) is 0 Å². The fourth-order valence-corrected chi connectivity index (χ4v) is 4.99. The normalized spacial score (nSPS) is 18.6. The highest BCUT2D eigenvalue weighted by molar-refractivity contribution is 6.31. The standard InChI is InChI=1S/C28H27Cl2FN4O3/c1-37-24-15-19(30)14-22(28(16-38-28)34-20-8-6-18(29)7-9-20)25(24)33-27(36)21-10-5-17(13-23(21)31)26(32)35-11-3-2-4-12-35/h5-10,13-15,32,34H,2-4,11-12,16H2,1H3,(H,33,36). The van der Waals surface area contributed by atoms with E-state index in [2.05, 4.69) is 10.6 Å². The van der Waals surface area contributed by atoms with Gasteiger partial charge < -0.3 is 25.0 Å². The van der Waals surface area contributed by atoms with E-state index in [1.54, 1.807) is 30.3 Å². The molecule has 0 spiro atoms. The molecule has 0 saturated carbocycles. The number of likely N-dealkylation sites (tertiary alicyclic amines) is 1. The largest absolute Gasteiger partial charge is 0.495 e. The minimum absolute atomic E-state index is 0.153. The molecule has 10 heteroatoms. The van der Waals surface area contributed by atoms with Crippen molar-refractivity contribution in [2.75, 3.05) is 37.4 Å². The Labute approximate surface area is 230 Å². The molecule has 2 saturated heterocycles. The number of carbonyl (C=O) groups excluding carboxylic acids is 1. The van der Waals surface area contributed by atoms with Gasteiger partial charge in [0.15, 0.2) is 5.72 Å². The van der Waals surface area contributed by atoms with Crippen LogP contribution in [0.3, 0.4) is 0 Å². The molecule has 2 aliphatic heterocycles. The number of carbonyl (C=O) groups is 1. The number of amides is 1. The molecule has 0 radical (unpaired) electrons. The molecule has 2 heterocycles. The lowest BCUT2D eigenvalue weighted by atomic mass is 10.0. The van der Waals surface area contributed by atoms with Crippen LogP contribution < -0.4 is 15.4 Å². The van der Waals surface area contributed by atoms with Crippen molar-refractivity contribution in [3.05, 3.63) is 87.2 Å². The van der Waals surface area contributed by atoms with Crippen LogP contribution in [0.5, 0.6) is 5.75 Å². The Morgan fingerprint density at radius 2 is 1.76 bits per heavy atom. The Morgan fingerprint density at radius 3 is 2.39 bits per heavy atom. The second-order valence-electron chi connectivity index (χ2n) is 9.32. The fourth-order valence-electron chi connectivity index (χ4n) is 4.65. The van der Waals surface area contributed by atoms with Crippen LogP contribution in [0.25, 0.3) is 0 Å². The van der Waals surface area contributed by atoms with E-state index in [1.165, 1.54) is 19.2 Å². The van der Waals surface area contributed by atoms with E-state index < -0.39 is 17.4 Å². The Hall–Kier alpha value is -3.33. The van der Waals surface area contributed by atoms with Gasteiger partial charge in [0.25, 0.3) is 5.91 Å². The van der Waals surface area contributed by atoms with Crippen molar-refractivity contribution in [1.29, 1.82) is 5.41 Å². The monoisotopic (exact) mass is 556 g/mol. The SMILES string of the molecule is COc1cc(Cl)cc(C2(Nc3ccc(Cl)cc3)CO2)c1NC(=O)c1ccc(C(=N)N2CCCCC2)cc1F. The van der Waals surface area contributed by atoms with Crippen LogP contribution in [-0.4, -0.2) is 43.4 Å². The lowest BCUT2D eigenvalue weighted by molar-refractivity contribution is 0.102. The molecule has 2 fully saturated rings. The zero-order chi connectivity index (χ0) is 26.9. The number of amidine groups is 1. The lowest BCUT2D eigenvalue weighted by Crippen LogP contribution is -2.35. The first-order chi connectivity index (χ1) is 18.3. The average molecular weight is 557 g/mol. The number of hydrogen-bond acceptors (Lipinski definition) is 5. The molecule has 1 amide bonds. The second kappa shape index (κ2) is 10.8. The van der Waals surface area contributed by atoms with E-state index in [4.69, 9.17) is 38.1 Å². The summed E-state index contributed by atoms with van der Waals surface area (Å²) in [6, 6.07) is 14.6. The minimum atomic E-state index is -0.972. The number of halogens is 3. The van der Waals surface area contributed by atoms with Gasteiger partial charge in [-0.1, -0.05) is 29.3 Å². The summed E-state index contributed by atoms with van der Waals surface area (Å²) in [5.41, 5.74) is 0.906. The van der Waals surface area contributed by atoms with E-state index in [0.29, 0.717) is 39.2 Å². The number of hydrogen-bond donors (Lipinski definition) is 3. The topological polar surface area (TPSA) is 90.0 Å². The molecule has 0 aromatic heterocycles. The molecule has 0 aliphatic carbocycles. The average Bonchev–Trinajstić information content (AvgIpc) is 3.71. The van der Waals surface area contributed by atoms with Gasteiger partial charge in [-0.3, -0.25) is 10.2 Å². The zero-order valence-electron chi connectivity index (χ0n) is 20.7. The van der Waals surface area contributed by atoms with Gasteiger partial charge in [-0.15, -0.1) is 0 Å². The highest BCUT2D eigenvalue weighted by Crippen LogP contribution is 2.47. The maximum absolute atomic E-state index is 15.2. The Bertz CT molecular complexity index is 1370. The number of anilines is 2. The summed E-state index contributed by atoms with van der Waals surface area (Å²) in [7, 11) is 1.46. The molecule has 1 atom stereocenters. The van der Waals surface area contributed by atoms with Gasteiger partial charge in [0.2, 0.25) is 0 Å². The summed E-state index contributed by atoms with van der Waals surface area (Å²) in [6.45, 7) is 1.86. The summed E-state index contributed by atoms with van der Waals surface area (Å²) < 4.78 is 26.5. The van der Waals surface area contributed by atoms with Crippen LogP contribution in [0.1, 0.15) is 40.7 Å². The lowest BCUT2D eigenvalue weighted by Gasteiger charge is -2.29. The van der Waals surface area contributed by atoms with Crippen molar-refractivity contribution in [2.45, 2.75) is 25.0 Å². The van der Waals surface area contributed by atoms with Crippen LogP contribution in [0.2, 0.25) is 10.0 Å². The van der Waals surface area contributed by atoms with Gasteiger partial charge in [-0.2, -0.15) is 0 Å². The van der Waals surface area contributed by atoms with Crippen molar-refractivity contribution in [3.8, 4) is 5.75 Å². The smallest absolute Gasteiger partial charge is 0.258 e. The highest BCUT2D eigenvalue weighted by Gasteiger charge is 2.49. The number of nitrogens with zero attached hydrogens (tertiary/aromatic N) is 1. The Kier molecular flexibility index (Phi) is 7.47.